The molecule has 0 bridgehead atoms. The van der Waals surface area contributed by atoms with E-state index in [4.69, 9.17) is 4.74 Å². The summed E-state index contributed by atoms with van der Waals surface area (Å²) in [6, 6.07) is 4.86. The topological polar surface area (TPSA) is 26.3 Å². The highest BCUT2D eigenvalue weighted by Crippen LogP contribution is 2.49. The van der Waals surface area contributed by atoms with Crippen LogP contribution in [0.15, 0.2) is 43.0 Å². The van der Waals surface area contributed by atoms with Crippen LogP contribution < -0.4 is 4.74 Å². The monoisotopic (exact) mass is 480 g/mol. The number of carbonyl (C=O) groups excluding carboxylic acids is 1. The fraction of sp³-hybridized carbons (Fsp3) is 0.656. The molecule has 0 aromatic heterocycles. The Balaban J connectivity index is 1.21. The summed E-state index contributed by atoms with van der Waals surface area (Å²) in [5, 5.41) is 0. The number of allylic oxidation sites excluding steroid dienone is 3. The van der Waals surface area contributed by atoms with E-state index >= 15 is 0 Å². The number of hydrogen-bond acceptors (Lipinski definition) is 2. The predicted octanol–water partition coefficient (Wildman–Crippen LogP) is 8.85. The number of benzene rings is 1. The standard InChI is InChI=1S/C32H45FO2/c1-3-5-7-9-25-18-19-30(22-31(25)33)35-32(34)26-14-12-24(13-15-26)28-17-16-27-20-23(8-6-4-2)10-11-29(27)21-28/h3-5,18-19,22-24,26-29H,2,6-17,20-21H2,1H3/b5-3+. The maximum absolute atomic E-state index is 14.4. The fourth-order valence-electron chi connectivity index (χ4n) is 7.29. The molecule has 1 aromatic carbocycles. The van der Waals surface area contributed by atoms with E-state index in [0.717, 1.165) is 61.7 Å². The molecule has 3 aliphatic carbocycles. The van der Waals surface area contributed by atoms with E-state index in [1.54, 1.807) is 12.1 Å². The van der Waals surface area contributed by atoms with Crippen molar-refractivity contribution in [1.82, 2.24) is 0 Å². The number of halogens is 1. The Kier molecular flexibility index (Phi) is 9.63. The van der Waals surface area contributed by atoms with Gasteiger partial charge in [-0.3, -0.25) is 4.79 Å². The van der Waals surface area contributed by atoms with Crippen molar-refractivity contribution in [1.29, 1.82) is 0 Å². The molecule has 3 fully saturated rings. The average Bonchev–Trinajstić information content (AvgIpc) is 2.88. The van der Waals surface area contributed by atoms with E-state index in [2.05, 4.69) is 12.7 Å². The first-order valence-corrected chi connectivity index (χ1v) is 14.3. The SMILES string of the molecule is C=CCCC1CCC2CC(C3CCC(C(=O)Oc4ccc(CC/C=C/C)c(F)c4)CC3)CCC2C1. The van der Waals surface area contributed by atoms with Gasteiger partial charge in [-0.05, 0) is 132 Å². The van der Waals surface area contributed by atoms with Crippen molar-refractivity contribution < 1.29 is 13.9 Å². The second-order valence-corrected chi connectivity index (χ2v) is 11.5. The normalized spacial score (nSPS) is 31.1. The Labute approximate surface area is 212 Å². The summed E-state index contributed by atoms with van der Waals surface area (Å²) in [6.45, 7) is 5.86. The first kappa shape index (κ1) is 26.2. The smallest absolute Gasteiger partial charge is 0.314 e. The molecule has 0 N–H and O–H groups in total. The lowest BCUT2D eigenvalue weighted by molar-refractivity contribution is -0.140. The highest BCUT2D eigenvalue weighted by atomic mass is 19.1. The van der Waals surface area contributed by atoms with Crippen molar-refractivity contribution in [3.8, 4) is 5.75 Å². The minimum Gasteiger partial charge on any atom is -0.426 e. The number of fused-ring (bicyclic) bond motifs is 1. The molecule has 0 saturated heterocycles. The molecule has 0 amide bonds. The number of rotatable bonds is 9. The first-order chi connectivity index (χ1) is 17.1. The van der Waals surface area contributed by atoms with Crippen LogP contribution in [0.5, 0.6) is 5.75 Å². The van der Waals surface area contributed by atoms with Gasteiger partial charge in [0.05, 0.1) is 5.92 Å². The van der Waals surface area contributed by atoms with Gasteiger partial charge in [0, 0.05) is 6.07 Å². The Morgan fingerprint density at radius 2 is 1.66 bits per heavy atom. The maximum atomic E-state index is 14.4. The third-order valence-corrected chi connectivity index (χ3v) is 9.37. The molecule has 3 saturated carbocycles. The van der Waals surface area contributed by atoms with Crippen LogP contribution >= 0.6 is 0 Å². The van der Waals surface area contributed by atoms with Crippen LogP contribution in [0, 0.1) is 41.3 Å². The van der Waals surface area contributed by atoms with Gasteiger partial charge in [-0.1, -0.05) is 30.7 Å². The van der Waals surface area contributed by atoms with Crippen molar-refractivity contribution in [2.24, 2.45) is 35.5 Å². The van der Waals surface area contributed by atoms with Crippen molar-refractivity contribution in [2.45, 2.75) is 96.8 Å². The minimum absolute atomic E-state index is 0.0414. The first-order valence-electron chi connectivity index (χ1n) is 14.3. The van der Waals surface area contributed by atoms with Crippen LogP contribution in [0.1, 0.15) is 96.0 Å². The molecule has 35 heavy (non-hydrogen) atoms. The number of carbonyl (C=O) groups is 1. The van der Waals surface area contributed by atoms with Gasteiger partial charge >= 0.3 is 5.97 Å². The summed E-state index contributed by atoms with van der Waals surface area (Å²) in [5.74, 6) is 4.28. The largest absolute Gasteiger partial charge is 0.426 e. The van der Waals surface area contributed by atoms with Gasteiger partial charge in [0.25, 0.3) is 0 Å². The van der Waals surface area contributed by atoms with Crippen molar-refractivity contribution >= 4 is 5.97 Å². The zero-order valence-electron chi connectivity index (χ0n) is 21.7. The van der Waals surface area contributed by atoms with Gasteiger partial charge in [-0.15, -0.1) is 6.58 Å². The summed E-state index contributed by atoms with van der Waals surface area (Å²) in [5.41, 5.74) is 0.670. The Morgan fingerprint density at radius 1 is 0.971 bits per heavy atom. The van der Waals surface area contributed by atoms with Gasteiger partial charge in [0.15, 0.2) is 0 Å². The maximum Gasteiger partial charge on any atom is 0.314 e. The molecule has 1 aromatic rings. The van der Waals surface area contributed by atoms with Gasteiger partial charge in [-0.2, -0.15) is 0 Å². The number of aryl methyl sites for hydroxylation is 1. The molecule has 0 heterocycles. The summed E-state index contributed by atoms with van der Waals surface area (Å²) < 4.78 is 20.0. The molecular weight excluding hydrogens is 435 g/mol. The lowest BCUT2D eigenvalue weighted by Gasteiger charge is -2.45. The van der Waals surface area contributed by atoms with E-state index < -0.39 is 0 Å². The highest BCUT2D eigenvalue weighted by Gasteiger charge is 2.39. The lowest BCUT2D eigenvalue weighted by atomic mass is 9.60. The van der Waals surface area contributed by atoms with Crippen LogP contribution in [-0.2, 0) is 11.2 Å². The predicted molar refractivity (Wildman–Crippen MR) is 142 cm³/mol. The zero-order valence-corrected chi connectivity index (χ0v) is 21.7. The molecule has 4 atom stereocenters. The van der Waals surface area contributed by atoms with Crippen molar-refractivity contribution in [3.63, 3.8) is 0 Å². The third-order valence-electron chi connectivity index (χ3n) is 9.37. The van der Waals surface area contributed by atoms with Crippen molar-refractivity contribution in [2.75, 3.05) is 0 Å². The van der Waals surface area contributed by atoms with E-state index in [-0.39, 0.29) is 17.7 Å². The third kappa shape index (κ3) is 7.08. The number of esters is 1. The van der Waals surface area contributed by atoms with Crippen LogP contribution in [0.3, 0.4) is 0 Å². The Hall–Kier alpha value is -1.90. The van der Waals surface area contributed by atoms with Crippen LogP contribution in [0.25, 0.3) is 0 Å². The number of hydrogen-bond donors (Lipinski definition) is 0. The molecule has 3 heteroatoms. The molecule has 0 aliphatic heterocycles. The van der Waals surface area contributed by atoms with Gasteiger partial charge < -0.3 is 4.74 Å². The molecule has 4 unspecified atom stereocenters. The Morgan fingerprint density at radius 3 is 2.37 bits per heavy atom. The van der Waals surface area contributed by atoms with Crippen LogP contribution in [-0.4, -0.2) is 5.97 Å². The lowest BCUT2D eigenvalue weighted by Crippen LogP contribution is -2.35. The number of ether oxygens (including phenoxy) is 1. The molecule has 3 aliphatic rings. The minimum atomic E-state index is -0.283. The van der Waals surface area contributed by atoms with Crippen LogP contribution in [0.4, 0.5) is 4.39 Å². The van der Waals surface area contributed by atoms with Gasteiger partial charge in [-0.25, -0.2) is 4.39 Å². The fourth-order valence-corrected chi connectivity index (χ4v) is 7.29. The second-order valence-electron chi connectivity index (χ2n) is 11.5. The molecule has 192 valence electrons. The van der Waals surface area contributed by atoms with Gasteiger partial charge in [0.2, 0.25) is 0 Å². The molecule has 4 rings (SSSR count). The second kappa shape index (κ2) is 12.9. The van der Waals surface area contributed by atoms with Gasteiger partial charge in [0.1, 0.15) is 11.6 Å². The highest BCUT2D eigenvalue weighted by molar-refractivity contribution is 5.75. The summed E-state index contributed by atoms with van der Waals surface area (Å²) in [4.78, 5) is 12.8. The summed E-state index contributed by atoms with van der Waals surface area (Å²) >= 11 is 0. The summed E-state index contributed by atoms with van der Waals surface area (Å²) in [7, 11) is 0. The molecular formula is C32H45FO2. The van der Waals surface area contributed by atoms with Crippen molar-refractivity contribution in [3.05, 3.63) is 54.4 Å². The van der Waals surface area contributed by atoms with E-state index in [0.29, 0.717) is 17.7 Å². The van der Waals surface area contributed by atoms with E-state index in [1.165, 1.54) is 57.4 Å². The average molecular weight is 481 g/mol. The zero-order chi connectivity index (χ0) is 24.6. The Bertz CT molecular complexity index is 866. The summed E-state index contributed by atoms with van der Waals surface area (Å²) in [6.07, 6.45) is 22.7. The molecule has 0 spiro atoms. The molecule has 2 nitrogen and oxygen atoms in total. The quantitative estimate of drug-likeness (QED) is 0.200. The van der Waals surface area contributed by atoms with E-state index in [1.807, 2.05) is 19.1 Å². The van der Waals surface area contributed by atoms with Crippen LogP contribution in [0.2, 0.25) is 0 Å². The van der Waals surface area contributed by atoms with E-state index in [9.17, 15) is 9.18 Å². The molecule has 0 radical (unpaired) electrons.